The van der Waals surface area contributed by atoms with E-state index in [1.807, 2.05) is 18.0 Å². The Morgan fingerprint density at radius 3 is 2.91 bits per heavy atom. The number of amides is 1. The second kappa shape index (κ2) is 9.75. The lowest BCUT2D eigenvalue weighted by Crippen LogP contribution is -2.52. The Kier molecular flexibility index (Phi) is 6.69. The third-order valence-electron chi connectivity index (χ3n) is 7.25. The molecule has 0 saturated carbocycles. The minimum atomic E-state index is -0.106. The van der Waals surface area contributed by atoms with Crippen LogP contribution in [-0.4, -0.2) is 71.2 Å². The number of hydrogen-bond acceptors (Lipinski definition) is 8. The Balaban J connectivity index is 1.21. The first kappa shape index (κ1) is 24.0. The fourth-order valence-corrected chi connectivity index (χ4v) is 6.03. The largest absolute Gasteiger partial charge is 0.490 e. The molecule has 1 fully saturated rings. The van der Waals surface area contributed by atoms with Crippen molar-refractivity contribution in [3.05, 3.63) is 40.4 Å². The van der Waals surface area contributed by atoms with Crippen LogP contribution >= 0.6 is 11.8 Å². The van der Waals surface area contributed by atoms with Gasteiger partial charge in [-0.25, -0.2) is 0 Å². The molecule has 1 amide bonds. The monoisotopic (exact) mass is 496 g/mol. The second-order valence-electron chi connectivity index (χ2n) is 9.73. The lowest BCUT2D eigenvalue weighted by molar-refractivity contribution is -0.116. The van der Waals surface area contributed by atoms with Crippen molar-refractivity contribution in [2.75, 3.05) is 43.4 Å². The fraction of sp³-hybridized carbons (Fsp3) is 0.520. The number of anilines is 1. The minimum Gasteiger partial charge on any atom is -0.490 e. The first-order valence-electron chi connectivity index (χ1n) is 12.1. The number of thioether (sulfide) groups is 1. The van der Waals surface area contributed by atoms with Crippen molar-refractivity contribution in [3.8, 4) is 5.75 Å². The molecule has 5 heterocycles. The number of aliphatic imine (C=N–C) groups is 1. The van der Waals surface area contributed by atoms with Crippen LogP contribution in [0.3, 0.4) is 0 Å². The number of ether oxygens (including phenoxy) is 1. The van der Waals surface area contributed by atoms with Crippen LogP contribution in [0, 0.1) is 0 Å². The Bertz CT molecular complexity index is 1190. The van der Waals surface area contributed by atoms with Crippen molar-refractivity contribution in [2.45, 2.75) is 49.7 Å². The van der Waals surface area contributed by atoms with Gasteiger partial charge in [-0.1, -0.05) is 0 Å². The molecule has 186 valence electrons. The van der Waals surface area contributed by atoms with Crippen LogP contribution < -0.4 is 20.5 Å². The Labute approximate surface area is 209 Å². The van der Waals surface area contributed by atoms with E-state index in [9.17, 15) is 9.59 Å². The summed E-state index contributed by atoms with van der Waals surface area (Å²) >= 11 is 1.82. The molecule has 1 atom stereocenters. The van der Waals surface area contributed by atoms with Crippen LogP contribution in [0.15, 0.2) is 39.1 Å². The summed E-state index contributed by atoms with van der Waals surface area (Å²) in [5.41, 5.74) is 1.51. The number of nitrogens with zero attached hydrogens (tertiary/aromatic N) is 5. The van der Waals surface area contributed by atoms with Crippen molar-refractivity contribution in [2.24, 2.45) is 4.99 Å². The molecule has 1 N–H and O–H groups in total. The predicted molar refractivity (Wildman–Crippen MR) is 138 cm³/mol. The topological polar surface area (TPSA) is 92.1 Å². The van der Waals surface area contributed by atoms with Gasteiger partial charge in [-0.05, 0) is 51.7 Å². The van der Waals surface area contributed by atoms with E-state index in [4.69, 9.17) is 4.74 Å². The summed E-state index contributed by atoms with van der Waals surface area (Å²) in [6, 6.07) is 5.19. The van der Waals surface area contributed by atoms with E-state index in [0.717, 1.165) is 62.8 Å². The zero-order valence-corrected chi connectivity index (χ0v) is 21.1. The van der Waals surface area contributed by atoms with Gasteiger partial charge in [0.05, 0.1) is 29.4 Å². The number of hydrogen-bond donors (Lipinski definition) is 1. The molecular formula is C25H32N6O3S. The zero-order chi connectivity index (χ0) is 24.6. The summed E-state index contributed by atoms with van der Waals surface area (Å²) in [6.07, 6.45) is 3.83. The third kappa shape index (κ3) is 4.87. The summed E-state index contributed by atoms with van der Waals surface area (Å²) in [5, 5.41) is 3.73. The van der Waals surface area contributed by atoms with Gasteiger partial charge in [-0.3, -0.25) is 29.0 Å². The number of nitrogens with one attached hydrogen (secondary N) is 1. The van der Waals surface area contributed by atoms with E-state index >= 15 is 0 Å². The lowest BCUT2D eigenvalue weighted by Gasteiger charge is -2.41. The summed E-state index contributed by atoms with van der Waals surface area (Å²) in [7, 11) is 0. The third-order valence-corrected chi connectivity index (χ3v) is 8.26. The normalized spacial score (nSPS) is 21.2. The van der Waals surface area contributed by atoms with E-state index in [1.165, 1.54) is 17.9 Å². The maximum atomic E-state index is 12.7. The van der Waals surface area contributed by atoms with Crippen molar-refractivity contribution < 1.29 is 9.53 Å². The highest BCUT2D eigenvalue weighted by Gasteiger charge is 2.36. The number of likely N-dealkylation sites (tertiary alicyclic amines) is 1. The summed E-state index contributed by atoms with van der Waals surface area (Å²) < 4.78 is 7.38. The number of rotatable bonds is 6. The molecule has 1 saturated heterocycles. The van der Waals surface area contributed by atoms with Gasteiger partial charge in [0.1, 0.15) is 11.5 Å². The predicted octanol–water partition coefficient (Wildman–Crippen LogP) is 2.61. The average Bonchev–Trinajstić information content (AvgIpc) is 3.25. The van der Waals surface area contributed by atoms with Crippen molar-refractivity contribution in [1.82, 2.24) is 19.8 Å². The highest BCUT2D eigenvalue weighted by Crippen LogP contribution is 2.36. The first-order valence-corrected chi connectivity index (χ1v) is 13.1. The van der Waals surface area contributed by atoms with Crippen molar-refractivity contribution in [1.29, 1.82) is 0 Å². The maximum Gasteiger partial charge on any atom is 0.252 e. The molecule has 2 aromatic heterocycles. The molecule has 9 nitrogen and oxygen atoms in total. The number of carbonyl (C=O) groups is 1. The number of carbonyl (C=O) groups excluding carboxylic acids is 1. The van der Waals surface area contributed by atoms with Crippen LogP contribution in [0.4, 0.5) is 11.5 Å². The molecule has 0 aromatic carbocycles. The molecular weight excluding hydrogens is 464 g/mol. The van der Waals surface area contributed by atoms with Gasteiger partial charge in [0.15, 0.2) is 5.75 Å². The Hall–Kier alpha value is -2.69. The van der Waals surface area contributed by atoms with Crippen LogP contribution in [0.1, 0.15) is 38.4 Å². The second-order valence-corrected chi connectivity index (χ2v) is 10.9. The number of pyridine rings is 2. The molecule has 3 aliphatic heterocycles. The van der Waals surface area contributed by atoms with Crippen molar-refractivity contribution in [3.63, 3.8) is 0 Å². The van der Waals surface area contributed by atoms with Gasteiger partial charge in [-0.2, -0.15) is 0 Å². The summed E-state index contributed by atoms with van der Waals surface area (Å²) in [5.74, 6) is 2.34. The molecule has 0 spiro atoms. The fourth-order valence-electron chi connectivity index (χ4n) is 5.17. The van der Waals surface area contributed by atoms with E-state index in [-0.39, 0.29) is 23.0 Å². The molecule has 0 radical (unpaired) electrons. The molecule has 0 aliphatic carbocycles. The summed E-state index contributed by atoms with van der Waals surface area (Å²) in [6.45, 7) is 11.9. The smallest absolute Gasteiger partial charge is 0.252 e. The van der Waals surface area contributed by atoms with Crippen LogP contribution in [-0.2, 0) is 11.3 Å². The van der Waals surface area contributed by atoms with Crippen LogP contribution in [0.5, 0.6) is 5.75 Å². The van der Waals surface area contributed by atoms with Gasteiger partial charge in [0.25, 0.3) is 5.56 Å². The van der Waals surface area contributed by atoms with E-state index in [2.05, 4.69) is 39.9 Å². The molecule has 2 aromatic rings. The first-order chi connectivity index (χ1) is 16.9. The van der Waals surface area contributed by atoms with E-state index in [0.29, 0.717) is 18.1 Å². The molecule has 0 unspecified atom stereocenters. The molecule has 35 heavy (non-hydrogen) atoms. The van der Waals surface area contributed by atoms with Gasteiger partial charge in [0.2, 0.25) is 5.91 Å². The highest BCUT2D eigenvalue weighted by molar-refractivity contribution is 7.99. The minimum absolute atomic E-state index is 0.0213. The standard InChI is InChI=1S/C25H32N6O3S/c1-17(32)30-16-19(31-23(33)5-4-20(26-3)24(30)31)15-29-8-6-25(2,7-9-29)28-13-18-12-22-21(14-27-18)34-10-11-35-22/h4-5,12,14,19,28H,3,6-11,13,15-16H2,1-2H3/t19-/m1/s1. The lowest BCUT2D eigenvalue weighted by atomic mass is 9.89. The Morgan fingerprint density at radius 2 is 2.17 bits per heavy atom. The van der Waals surface area contributed by atoms with Gasteiger partial charge < -0.3 is 15.0 Å². The van der Waals surface area contributed by atoms with E-state index in [1.54, 1.807) is 15.5 Å². The van der Waals surface area contributed by atoms with Crippen molar-refractivity contribution >= 4 is 35.9 Å². The van der Waals surface area contributed by atoms with Crippen LogP contribution in [0.2, 0.25) is 0 Å². The van der Waals surface area contributed by atoms with Gasteiger partial charge in [0, 0.05) is 43.9 Å². The molecule has 5 rings (SSSR count). The average molecular weight is 497 g/mol. The van der Waals surface area contributed by atoms with Gasteiger partial charge in [-0.15, -0.1) is 11.8 Å². The molecule has 3 aliphatic rings. The van der Waals surface area contributed by atoms with Crippen LogP contribution in [0.25, 0.3) is 0 Å². The number of piperidine rings is 1. The number of aromatic nitrogens is 2. The van der Waals surface area contributed by atoms with E-state index < -0.39 is 0 Å². The summed E-state index contributed by atoms with van der Waals surface area (Å²) in [4.78, 5) is 38.9. The SMILES string of the molecule is C=Nc1ccc(=O)n2c1N(C(C)=O)C[C@H]2CN1CCC(C)(NCc2cc3c(cn2)OCCS3)CC1. The molecule has 0 bridgehead atoms. The Morgan fingerprint density at radius 1 is 1.37 bits per heavy atom. The highest BCUT2D eigenvalue weighted by atomic mass is 32.2. The molecule has 10 heteroatoms. The number of fused-ring (bicyclic) bond motifs is 2. The maximum absolute atomic E-state index is 12.7. The van der Waals surface area contributed by atoms with Gasteiger partial charge >= 0.3 is 0 Å². The quantitative estimate of drug-likeness (QED) is 0.615. The zero-order valence-electron chi connectivity index (χ0n) is 20.3.